The highest BCUT2D eigenvalue weighted by atomic mass is 16.5. The number of carbonyl (C=O) groups is 3. The second-order valence-corrected chi connectivity index (χ2v) is 7.32. The lowest BCUT2D eigenvalue weighted by molar-refractivity contribution is -0.126. The van der Waals surface area contributed by atoms with E-state index in [9.17, 15) is 14.4 Å². The topological polar surface area (TPSA) is 87.7 Å². The van der Waals surface area contributed by atoms with E-state index in [0.717, 1.165) is 12.1 Å². The Morgan fingerprint density at radius 2 is 1.87 bits per heavy atom. The van der Waals surface area contributed by atoms with Crippen LogP contribution in [0.15, 0.2) is 61.2 Å². The zero-order valence-corrected chi connectivity index (χ0v) is 17.6. The Kier molecular flexibility index (Phi) is 7.43. The van der Waals surface area contributed by atoms with Gasteiger partial charge in [0.05, 0.1) is 5.92 Å². The van der Waals surface area contributed by atoms with Gasteiger partial charge in [0.15, 0.2) is 6.61 Å². The van der Waals surface area contributed by atoms with E-state index in [2.05, 4.69) is 24.1 Å². The zero-order valence-electron chi connectivity index (χ0n) is 17.6. The number of ether oxygens (including phenoxy) is 1. The van der Waals surface area contributed by atoms with Crippen molar-refractivity contribution in [3.63, 3.8) is 0 Å². The average Bonchev–Trinajstić information content (AvgIpc) is 3.18. The van der Waals surface area contributed by atoms with E-state index in [1.54, 1.807) is 35.2 Å². The van der Waals surface area contributed by atoms with Crippen LogP contribution in [0.5, 0.6) is 5.75 Å². The highest BCUT2D eigenvalue weighted by Crippen LogP contribution is 2.27. The number of anilines is 2. The van der Waals surface area contributed by atoms with Gasteiger partial charge in [-0.2, -0.15) is 0 Å². The molecule has 2 N–H and O–H groups in total. The largest absolute Gasteiger partial charge is 0.484 e. The summed E-state index contributed by atoms with van der Waals surface area (Å²) in [6, 6.07) is 14.6. The fourth-order valence-electron chi connectivity index (χ4n) is 3.34. The van der Waals surface area contributed by atoms with E-state index in [1.165, 1.54) is 5.56 Å². The fourth-order valence-corrected chi connectivity index (χ4v) is 3.34. The molecule has 0 spiro atoms. The lowest BCUT2D eigenvalue weighted by Crippen LogP contribution is -2.32. The molecule has 0 saturated carbocycles. The number of carbonyl (C=O) groups excluding carboxylic acids is 3. The summed E-state index contributed by atoms with van der Waals surface area (Å²) in [6.07, 6.45) is 2.73. The molecule has 2 aromatic carbocycles. The molecule has 1 heterocycles. The summed E-state index contributed by atoms with van der Waals surface area (Å²) >= 11 is 0. The molecule has 7 heteroatoms. The zero-order chi connectivity index (χ0) is 22.2. The monoisotopic (exact) mass is 421 g/mol. The maximum absolute atomic E-state index is 12.3. The van der Waals surface area contributed by atoms with Gasteiger partial charge < -0.3 is 20.3 Å². The molecule has 1 aliphatic rings. The first-order valence-electron chi connectivity index (χ1n) is 10.3. The second kappa shape index (κ2) is 10.4. The number of hydrogen-bond acceptors (Lipinski definition) is 4. The first-order chi connectivity index (χ1) is 15.0. The molecule has 1 atom stereocenters. The molecule has 1 fully saturated rings. The van der Waals surface area contributed by atoms with Gasteiger partial charge in [0, 0.05) is 30.9 Å². The minimum Gasteiger partial charge on any atom is -0.484 e. The van der Waals surface area contributed by atoms with Crippen molar-refractivity contribution in [1.82, 2.24) is 5.32 Å². The summed E-state index contributed by atoms with van der Waals surface area (Å²) < 4.78 is 5.54. The maximum atomic E-state index is 12.3. The van der Waals surface area contributed by atoms with E-state index in [0.29, 0.717) is 24.5 Å². The first kappa shape index (κ1) is 22.1. The van der Waals surface area contributed by atoms with Crippen LogP contribution in [0.4, 0.5) is 11.4 Å². The van der Waals surface area contributed by atoms with Gasteiger partial charge in [-0.25, -0.2) is 0 Å². The average molecular weight is 421 g/mol. The van der Waals surface area contributed by atoms with Crippen LogP contribution in [0.3, 0.4) is 0 Å². The SMILES string of the molecule is C=CCNC(=O)[C@@H]1CC(=O)N(c2ccc(OCC(=O)Nc3ccc(CC)cc3)cc2)C1. The van der Waals surface area contributed by atoms with E-state index < -0.39 is 0 Å². The summed E-state index contributed by atoms with van der Waals surface area (Å²) in [5.41, 5.74) is 2.62. The molecule has 3 amide bonds. The van der Waals surface area contributed by atoms with Crippen LogP contribution in [0.2, 0.25) is 0 Å². The second-order valence-electron chi connectivity index (χ2n) is 7.32. The van der Waals surface area contributed by atoms with Crippen LogP contribution in [0.25, 0.3) is 0 Å². The third-order valence-electron chi connectivity index (χ3n) is 5.08. The van der Waals surface area contributed by atoms with Crippen molar-refractivity contribution in [3.05, 3.63) is 66.7 Å². The lowest BCUT2D eigenvalue weighted by Gasteiger charge is -2.17. The molecule has 0 aromatic heterocycles. The number of aryl methyl sites for hydroxylation is 1. The molecule has 2 aromatic rings. The molecule has 0 aliphatic carbocycles. The molecule has 3 rings (SSSR count). The Morgan fingerprint density at radius 3 is 2.52 bits per heavy atom. The molecule has 1 saturated heterocycles. The predicted molar refractivity (Wildman–Crippen MR) is 120 cm³/mol. The highest BCUT2D eigenvalue weighted by Gasteiger charge is 2.34. The lowest BCUT2D eigenvalue weighted by atomic mass is 10.1. The van der Waals surface area contributed by atoms with Crippen molar-refractivity contribution in [2.24, 2.45) is 5.92 Å². The summed E-state index contributed by atoms with van der Waals surface area (Å²) in [5, 5.41) is 5.53. The van der Waals surface area contributed by atoms with Gasteiger partial charge in [-0.15, -0.1) is 6.58 Å². The van der Waals surface area contributed by atoms with Crippen LogP contribution >= 0.6 is 0 Å². The Morgan fingerprint density at radius 1 is 1.16 bits per heavy atom. The van der Waals surface area contributed by atoms with E-state index in [-0.39, 0.29) is 36.7 Å². The summed E-state index contributed by atoms with van der Waals surface area (Å²) in [6.45, 7) is 6.24. The third-order valence-corrected chi connectivity index (χ3v) is 5.08. The third kappa shape index (κ3) is 5.94. The van der Waals surface area contributed by atoms with Gasteiger partial charge in [-0.1, -0.05) is 25.1 Å². The number of amides is 3. The van der Waals surface area contributed by atoms with Gasteiger partial charge in [-0.05, 0) is 48.4 Å². The number of nitrogens with zero attached hydrogens (tertiary/aromatic N) is 1. The minimum atomic E-state index is -0.376. The smallest absolute Gasteiger partial charge is 0.262 e. The van der Waals surface area contributed by atoms with Gasteiger partial charge in [0.1, 0.15) is 5.75 Å². The normalized spacial score (nSPS) is 15.5. The Balaban J connectivity index is 1.50. The molecular weight excluding hydrogens is 394 g/mol. The van der Waals surface area contributed by atoms with E-state index >= 15 is 0 Å². The summed E-state index contributed by atoms with van der Waals surface area (Å²) in [5.74, 6) is -0.353. The fraction of sp³-hybridized carbons (Fsp3) is 0.292. The van der Waals surface area contributed by atoms with Crippen molar-refractivity contribution in [3.8, 4) is 5.75 Å². The van der Waals surface area contributed by atoms with Crippen LogP contribution in [0, 0.1) is 5.92 Å². The maximum Gasteiger partial charge on any atom is 0.262 e. The predicted octanol–water partition coefficient (Wildman–Crippen LogP) is 2.92. The van der Waals surface area contributed by atoms with Crippen LogP contribution in [0.1, 0.15) is 18.9 Å². The van der Waals surface area contributed by atoms with Crippen LogP contribution in [-0.2, 0) is 20.8 Å². The number of rotatable bonds is 9. The molecule has 0 bridgehead atoms. The van der Waals surface area contributed by atoms with Crippen molar-refractivity contribution in [1.29, 1.82) is 0 Å². The molecule has 7 nitrogen and oxygen atoms in total. The van der Waals surface area contributed by atoms with Gasteiger partial charge in [-0.3, -0.25) is 14.4 Å². The summed E-state index contributed by atoms with van der Waals surface area (Å²) in [7, 11) is 0. The van der Waals surface area contributed by atoms with Gasteiger partial charge in [0.25, 0.3) is 5.91 Å². The minimum absolute atomic E-state index is 0.0964. The molecule has 31 heavy (non-hydrogen) atoms. The van der Waals surface area contributed by atoms with Crippen LogP contribution in [-0.4, -0.2) is 37.4 Å². The van der Waals surface area contributed by atoms with E-state index in [4.69, 9.17) is 4.74 Å². The standard InChI is InChI=1S/C24H27N3O4/c1-3-13-25-24(30)18-14-23(29)27(15-18)20-9-11-21(12-10-20)31-16-22(28)26-19-7-5-17(4-2)6-8-19/h3,5-12,18H,1,4,13-16H2,2H3,(H,25,30)(H,26,28)/t18-/m1/s1. The van der Waals surface area contributed by atoms with Crippen molar-refractivity contribution in [2.45, 2.75) is 19.8 Å². The van der Waals surface area contributed by atoms with Gasteiger partial charge in [0.2, 0.25) is 11.8 Å². The van der Waals surface area contributed by atoms with Crippen molar-refractivity contribution < 1.29 is 19.1 Å². The van der Waals surface area contributed by atoms with Gasteiger partial charge >= 0.3 is 0 Å². The molecular formula is C24H27N3O4. The summed E-state index contributed by atoms with van der Waals surface area (Å²) in [4.78, 5) is 38.1. The first-order valence-corrected chi connectivity index (χ1v) is 10.3. The van der Waals surface area contributed by atoms with E-state index in [1.807, 2.05) is 24.3 Å². The molecule has 162 valence electrons. The Bertz CT molecular complexity index is 938. The van der Waals surface area contributed by atoms with Crippen molar-refractivity contribution >= 4 is 29.1 Å². The quantitative estimate of drug-likeness (QED) is 0.610. The van der Waals surface area contributed by atoms with Crippen LogP contribution < -0.4 is 20.3 Å². The molecule has 1 aliphatic heterocycles. The Labute approximate surface area is 182 Å². The molecule has 0 radical (unpaired) electrons. The van der Waals surface area contributed by atoms with Crippen molar-refractivity contribution in [2.75, 3.05) is 29.9 Å². The number of benzene rings is 2. The molecule has 0 unspecified atom stereocenters. The Hall–Kier alpha value is -3.61. The number of nitrogens with one attached hydrogen (secondary N) is 2. The number of hydrogen-bond donors (Lipinski definition) is 2. The highest BCUT2D eigenvalue weighted by molar-refractivity contribution is 6.00.